The van der Waals surface area contributed by atoms with Crippen LogP contribution in [0, 0.1) is 12.8 Å². The number of amides is 1. The lowest BCUT2D eigenvalue weighted by atomic mass is 9.99. The fraction of sp³-hybridized carbons (Fsp3) is 0.588. The molecule has 0 radical (unpaired) electrons. The third-order valence-electron chi connectivity index (χ3n) is 3.96. The van der Waals surface area contributed by atoms with E-state index in [0.717, 1.165) is 44.0 Å². The summed E-state index contributed by atoms with van der Waals surface area (Å²) in [7, 11) is 0. The van der Waals surface area contributed by atoms with E-state index in [1.165, 1.54) is 5.56 Å². The van der Waals surface area contributed by atoms with Crippen molar-refractivity contribution in [3.8, 4) is 5.75 Å². The van der Waals surface area contributed by atoms with Gasteiger partial charge in [0.2, 0.25) is 5.91 Å². The first-order valence-electron chi connectivity index (χ1n) is 7.62. The molecule has 2 rings (SSSR count). The second-order valence-corrected chi connectivity index (χ2v) is 5.83. The summed E-state index contributed by atoms with van der Waals surface area (Å²) in [5.41, 5.74) is 1.23. The standard InChI is InChI=1S/C17H25NO2/c1-14-5-7-16(8-6-14)20-13-3-4-17(19)18-11-9-15(2)10-12-18/h5-8,15H,3-4,9-13H2,1-2H3. The number of carbonyl (C=O) groups is 1. The van der Waals surface area contributed by atoms with Crippen LogP contribution in [0.5, 0.6) is 5.75 Å². The van der Waals surface area contributed by atoms with Gasteiger partial charge in [0.05, 0.1) is 6.61 Å². The monoisotopic (exact) mass is 275 g/mol. The fourth-order valence-electron chi connectivity index (χ4n) is 2.46. The average Bonchev–Trinajstić information content (AvgIpc) is 2.46. The number of ether oxygens (including phenoxy) is 1. The Morgan fingerprint density at radius 2 is 1.90 bits per heavy atom. The molecule has 0 aromatic heterocycles. The molecule has 0 spiro atoms. The van der Waals surface area contributed by atoms with Crippen molar-refractivity contribution >= 4 is 5.91 Å². The van der Waals surface area contributed by atoms with Gasteiger partial charge in [0.25, 0.3) is 0 Å². The Morgan fingerprint density at radius 1 is 1.25 bits per heavy atom. The molecule has 1 aromatic carbocycles. The van der Waals surface area contributed by atoms with Gasteiger partial charge in [-0.2, -0.15) is 0 Å². The summed E-state index contributed by atoms with van der Waals surface area (Å²) >= 11 is 0. The van der Waals surface area contributed by atoms with Gasteiger partial charge in [-0.1, -0.05) is 24.6 Å². The molecular formula is C17H25NO2. The van der Waals surface area contributed by atoms with Crippen LogP contribution in [0.25, 0.3) is 0 Å². The molecule has 0 unspecified atom stereocenters. The number of benzene rings is 1. The van der Waals surface area contributed by atoms with Crippen molar-refractivity contribution in [3.63, 3.8) is 0 Å². The Hall–Kier alpha value is -1.51. The van der Waals surface area contributed by atoms with Crippen molar-refractivity contribution in [2.24, 2.45) is 5.92 Å². The summed E-state index contributed by atoms with van der Waals surface area (Å²) in [5.74, 6) is 1.93. The van der Waals surface area contributed by atoms with E-state index in [9.17, 15) is 4.79 Å². The van der Waals surface area contributed by atoms with E-state index in [-0.39, 0.29) is 5.91 Å². The molecule has 0 N–H and O–H groups in total. The van der Waals surface area contributed by atoms with E-state index in [2.05, 4.69) is 13.8 Å². The molecule has 110 valence electrons. The van der Waals surface area contributed by atoms with Crippen molar-refractivity contribution in [1.29, 1.82) is 0 Å². The van der Waals surface area contributed by atoms with Gasteiger partial charge in [0, 0.05) is 19.5 Å². The van der Waals surface area contributed by atoms with Crippen LogP contribution in [0.2, 0.25) is 0 Å². The molecule has 1 aromatic rings. The normalized spacial score (nSPS) is 16.2. The highest BCUT2D eigenvalue weighted by Crippen LogP contribution is 2.17. The molecule has 1 aliphatic rings. The van der Waals surface area contributed by atoms with Crippen LogP contribution in [0.15, 0.2) is 24.3 Å². The number of carbonyl (C=O) groups excluding carboxylic acids is 1. The summed E-state index contributed by atoms with van der Waals surface area (Å²) in [4.78, 5) is 14.0. The van der Waals surface area contributed by atoms with Crippen LogP contribution < -0.4 is 4.74 Å². The van der Waals surface area contributed by atoms with E-state index in [4.69, 9.17) is 4.74 Å². The first-order chi connectivity index (χ1) is 9.65. The third-order valence-corrected chi connectivity index (χ3v) is 3.96. The second-order valence-electron chi connectivity index (χ2n) is 5.83. The minimum Gasteiger partial charge on any atom is -0.494 e. The zero-order valence-electron chi connectivity index (χ0n) is 12.6. The van der Waals surface area contributed by atoms with Crippen LogP contribution >= 0.6 is 0 Å². The van der Waals surface area contributed by atoms with E-state index >= 15 is 0 Å². The Kier molecular flexibility index (Phi) is 5.45. The maximum atomic E-state index is 12.0. The summed E-state index contributed by atoms with van der Waals surface area (Å²) in [6, 6.07) is 8.02. The van der Waals surface area contributed by atoms with Crippen molar-refractivity contribution in [2.75, 3.05) is 19.7 Å². The molecule has 0 aliphatic carbocycles. The molecular weight excluding hydrogens is 250 g/mol. The zero-order valence-corrected chi connectivity index (χ0v) is 12.6. The molecule has 0 saturated carbocycles. The second kappa shape index (κ2) is 7.32. The number of piperidine rings is 1. The van der Waals surface area contributed by atoms with Gasteiger partial charge in [-0.25, -0.2) is 0 Å². The molecule has 3 heteroatoms. The van der Waals surface area contributed by atoms with Gasteiger partial charge in [-0.15, -0.1) is 0 Å². The number of aryl methyl sites for hydroxylation is 1. The van der Waals surface area contributed by atoms with Gasteiger partial charge in [-0.05, 0) is 44.2 Å². The largest absolute Gasteiger partial charge is 0.494 e. The summed E-state index contributed by atoms with van der Waals surface area (Å²) < 4.78 is 5.65. The fourth-order valence-corrected chi connectivity index (χ4v) is 2.46. The molecule has 1 heterocycles. The summed E-state index contributed by atoms with van der Waals surface area (Å²) in [6.07, 6.45) is 3.68. The Bertz CT molecular complexity index is 419. The predicted molar refractivity (Wildman–Crippen MR) is 80.9 cm³/mol. The highest BCUT2D eigenvalue weighted by atomic mass is 16.5. The average molecular weight is 275 g/mol. The number of hydrogen-bond donors (Lipinski definition) is 0. The lowest BCUT2D eigenvalue weighted by Crippen LogP contribution is -2.37. The van der Waals surface area contributed by atoms with E-state index in [1.807, 2.05) is 29.2 Å². The molecule has 0 atom stereocenters. The van der Waals surface area contributed by atoms with Crippen LogP contribution in [0.1, 0.15) is 38.2 Å². The summed E-state index contributed by atoms with van der Waals surface area (Å²) in [6.45, 7) is 6.79. The maximum Gasteiger partial charge on any atom is 0.222 e. The zero-order chi connectivity index (χ0) is 14.4. The molecule has 0 bridgehead atoms. The van der Waals surface area contributed by atoms with Crippen LogP contribution in [-0.2, 0) is 4.79 Å². The Labute approximate surface area is 121 Å². The summed E-state index contributed by atoms with van der Waals surface area (Å²) in [5, 5.41) is 0. The number of nitrogens with zero attached hydrogens (tertiary/aromatic N) is 1. The lowest BCUT2D eigenvalue weighted by Gasteiger charge is -2.30. The minimum atomic E-state index is 0.282. The molecule has 1 saturated heterocycles. The maximum absolute atomic E-state index is 12.0. The smallest absolute Gasteiger partial charge is 0.222 e. The van der Waals surface area contributed by atoms with Gasteiger partial charge in [0.1, 0.15) is 5.75 Å². The van der Waals surface area contributed by atoms with Gasteiger partial charge >= 0.3 is 0 Å². The highest BCUT2D eigenvalue weighted by molar-refractivity contribution is 5.76. The topological polar surface area (TPSA) is 29.5 Å². The van der Waals surface area contributed by atoms with Crippen LogP contribution in [0.4, 0.5) is 0 Å². The Morgan fingerprint density at radius 3 is 2.55 bits per heavy atom. The van der Waals surface area contributed by atoms with Crippen LogP contribution in [0.3, 0.4) is 0 Å². The number of likely N-dealkylation sites (tertiary alicyclic amines) is 1. The molecule has 1 fully saturated rings. The van der Waals surface area contributed by atoms with Gasteiger partial charge in [-0.3, -0.25) is 4.79 Å². The number of hydrogen-bond acceptors (Lipinski definition) is 2. The predicted octanol–water partition coefficient (Wildman–Crippen LogP) is 3.41. The SMILES string of the molecule is Cc1ccc(OCCCC(=O)N2CCC(C)CC2)cc1. The van der Waals surface area contributed by atoms with Crippen molar-refractivity contribution < 1.29 is 9.53 Å². The van der Waals surface area contributed by atoms with E-state index < -0.39 is 0 Å². The number of rotatable bonds is 5. The van der Waals surface area contributed by atoms with Crippen molar-refractivity contribution in [2.45, 2.75) is 39.5 Å². The van der Waals surface area contributed by atoms with Crippen molar-refractivity contribution in [3.05, 3.63) is 29.8 Å². The Balaban J connectivity index is 1.63. The van der Waals surface area contributed by atoms with Gasteiger partial charge < -0.3 is 9.64 Å². The van der Waals surface area contributed by atoms with E-state index in [0.29, 0.717) is 13.0 Å². The third kappa shape index (κ3) is 4.55. The first kappa shape index (κ1) is 14.9. The minimum absolute atomic E-state index is 0.282. The lowest BCUT2D eigenvalue weighted by molar-refractivity contribution is -0.132. The van der Waals surface area contributed by atoms with E-state index in [1.54, 1.807) is 0 Å². The molecule has 3 nitrogen and oxygen atoms in total. The molecule has 1 aliphatic heterocycles. The van der Waals surface area contributed by atoms with Crippen LogP contribution in [-0.4, -0.2) is 30.5 Å². The van der Waals surface area contributed by atoms with Crippen molar-refractivity contribution in [1.82, 2.24) is 4.90 Å². The quantitative estimate of drug-likeness (QED) is 0.771. The first-order valence-corrected chi connectivity index (χ1v) is 7.62. The highest BCUT2D eigenvalue weighted by Gasteiger charge is 2.19. The molecule has 20 heavy (non-hydrogen) atoms. The van der Waals surface area contributed by atoms with Gasteiger partial charge in [0.15, 0.2) is 0 Å². The molecule has 1 amide bonds.